The summed E-state index contributed by atoms with van der Waals surface area (Å²) < 4.78 is 6.31. The normalized spacial score (nSPS) is 11.6. The Morgan fingerprint density at radius 1 is 1.48 bits per heavy atom. The molecule has 0 unspecified atom stereocenters. The summed E-state index contributed by atoms with van der Waals surface area (Å²) in [5, 5.41) is 24.5. The topological polar surface area (TPSA) is 114 Å². The van der Waals surface area contributed by atoms with Gasteiger partial charge in [-0.2, -0.15) is 4.68 Å². The van der Waals surface area contributed by atoms with Gasteiger partial charge in [0.1, 0.15) is 5.60 Å². The van der Waals surface area contributed by atoms with Crippen LogP contribution in [-0.4, -0.2) is 37.8 Å². The highest BCUT2D eigenvalue weighted by Gasteiger charge is 2.22. The lowest BCUT2D eigenvalue weighted by Crippen LogP contribution is -2.27. The predicted molar refractivity (Wildman–Crippen MR) is 76.8 cm³/mol. The first kappa shape index (κ1) is 15.3. The van der Waals surface area contributed by atoms with Crippen molar-refractivity contribution in [2.45, 2.75) is 33.0 Å². The highest BCUT2D eigenvalue weighted by molar-refractivity contribution is 7.19. The van der Waals surface area contributed by atoms with Crippen molar-refractivity contribution in [3.05, 3.63) is 10.9 Å². The van der Waals surface area contributed by atoms with Gasteiger partial charge in [0.2, 0.25) is 0 Å². The van der Waals surface area contributed by atoms with Crippen LogP contribution in [0.25, 0.3) is 10.2 Å². The molecule has 114 valence electrons. The second-order valence-electron chi connectivity index (χ2n) is 5.26. The molecule has 3 N–H and O–H groups in total. The maximum atomic E-state index is 11.8. The molecular weight excluding hydrogens is 298 g/mol. The number of ether oxygens (including phenoxy) is 1. The van der Waals surface area contributed by atoms with E-state index in [1.54, 1.807) is 20.8 Å². The lowest BCUT2D eigenvalue weighted by molar-refractivity contribution is 0.0635. The Morgan fingerprint density at radius 2 is 2.14 bits per heavy atom. The second kappa shape index (κ2) is 5.34. The van der Waals surface area contributed by atoms with E-state index < -0.39 is 17.8 Å². The van der Waals surface area contributed by atoms with Crippen molar-refractivity contribution in [3.63, 3.8) is 0 Å². The van der Waals surface area contributed by atoms with Gasteiger partial charge in [-0.1, -0.05) is 0 Å². The van der Waals surface area contributed by atoms with E-state index >= 15 is 0 Å². The number of aromatic nitrogens is 2. The molecule has 2 rings (SSSR count). The first-order chi connectivity index (χ1) is 9.71. The third-order valence-corrected chi connectivity index (χ3v) is 3.48. The highest BCUT2D eigenvalue weighted by atomic mass is 32.1. The maximum absolute atomic E-state index is 11.8. The molecule has 8 nitrogen and oxygen atoms in total. The minimum absolute atomic E-state index is 0.0892. The molecule has 2 heterocycles. The molecule has 0 saturated heterocycles. The summed E-state index contributed by atoms with van der Waals surface area (Å²) in [6.45, 7) is 4.93. The predicted octanol–water partition coefficient (Wildman–Crippen LogP) is 2.46. The number of carbonyl (C=O) groups excluding carboxylic acids is 1. The van der Waals surface area contributed by atoms with Crippen LogP contribution in [-0.2, 0) is 11.3 Å². The molecule has 0 fully saturated rings. The van der Waals surface area contributed by atoms with Gasteiger partial charge in [0, 0.05) is 4.88 Å². The summed E-state index contributed by atoms with van der Waals surface area (Å²) in [6.07, 6.45) is -2.00. The fourth-order valence-electron chi connectivity index (χ4n) is 1.66. The van der Waals surface area contributed by atoms with Crippen molar-refractivity contribution in [1.82, 2.24) is 9.78 Å². The number of hydrogen-bond donors (Lipinski definition) is 3. The van der Waals surface area contributed by atoms with Crippen molar-refractivity contribution in [1.29, 1.82) is 0 Å². The first-order valence-electron chi connectivity index (χ1n) is 6.07. The molecule has 0 aliphatic heterocycles. The van der Waals surface area contributed by atoms with Gasteiger partial charge >= 0.3 is 12.2 Å². The number of carbonyl (C=O) groups is 2. The van der Waals surface area contributed by atoms with Crippen molar-refractivity contribution in [2.75, 3.05) is 5.32 Å². The molecule has 0 bridgehead atoms. The quantitative estimate of drug-likeness (QED) is 0.784. The van der Waals surface area contributed by atoms with Gasteiger partial charge in [-0.05, 0) is 26.8 Å². The Hall–Kier alpha value is -2.13. The van der Waals surface area contributed by atoms with E-state index in [9.17, 15) is 9.59 Å². The van der Waals surface area contributed by atoms with Crippen LogP contribution in [0.3, 0.4) is 0 Å². The maximum Gasteiger partial charge on any atom is 0.432 e. The molecule has 0 aromatic carbocycles. The molecular formula is C12H15N3O5S. The third kappa shape index (κ3) is 3.31. The third-order valence-electron chi connectivity index (χ3n) is 2.36. The van der Waals surface area contributed by atoms with E-state index in [0.717, 1.165) is 16.0 Å². The van der Waals surface area contributed by atoms with E-state index in [0.29, 0.717) is 15.1 Å². The number of aliphatic hydroxyl groups excluding tert-OH is 1. The van der Waals surface area contributed by atoms with Gasteiger partial charge in [-0.3, -0.25) is 5.32 Å². The summed E-state index contributed by atoms with van der Waals surface area (Å²) in [5.41, 5.74) is -0.368. The SMILES string of the molecule is CC(C)(C)OC(=O)Nc1nn(C(=O)O)c2cc(CO)sc12. The summed E-state index contributed by atoms with van der Waals surface area (Å²) in [7, 11) is 0. The van der Waals surface area contributed by atoms with Gasteiger partial charge in [-0.15, -0.1) is 16.4 Å². The number of amides is 1. The molecule has 2 aromatic rings. The number of carboxylic acid groups (broad SMARTS) is 1. The monoisotopic (exact) mass is 313 g/mol. The van der Waals surface area contributed by atoms with Crippen LogP contribution >= 0.6 is 11.3 Å². The Morgan fingerprint density at radius 3 is 2.67 bits per heavy atom. The Balaban J connectivity index is 2.37. The van der Waals surface area contributed by atoms with Crippen LogP contribution in [0.15, 0.2) is 6.07 Å². The first-order valence-corrected chi connectivity index (χ1v) is 6.88. The zero-order chi connectivity index (χ0) is 15.8. The molecule has 2 aromatic heterocycles. The van der Waals surface area contributed by atoms with Crippen LogP contribution in [0.4, 0.5) is 15.4 Å². The summed E-state index contributed by atoms with van der Waals surface area (Å²) >= 11 is 1.16. The summed E-state index contributed by atoms with van der Waals surface area (Å²) in [4.78, 5) is 23.5. The van der Waals surface area contributed by atoms with E-state index in [2.05, 4.69) is 10.4 Å². The molecule has 0 atom stereocenters. The minimum atomic E-state index is -1.28. The van der Waals surface area contributed by atoms with E-state index in [-0.39, 0.29) is 12.4 Å². The number of rotatable bonds is 2. The van der Waals surface area contributed by atoms with Gasteiger partial charge in [-0.25, -0.2) is 9.59 Å². The average molecular weight is 313 g/mol. The number of fused-ring (bicyclic) bond motifs is 1. The zero-order valence-electron chi connectivity index (χ0n) is 11.7. The Kier molecular flexibility index (Phi) is 3.88. The van der Waals surface area contributed by atoms with Gasteiger partial charge in [0.15, 0.2) is 5.82 Å². The fourth-order valence-corrected chi connectivity index (χ4v) is 2.60. The van der Waals surface area contributed by atoms with Gasteiger partial charge in [0.05, 0.1) is 16.8 Å². The summed E-state index contributed by atoms with van der Waals surface area (Å²) in [6, 6.07) is 1.52. The number of nitrogens with one attached hydrogen (secondary N) is 1. The summed E-state index contributed by atoms with van der Waals surface area (Å²) in [5.74, 6) is 0.0892. The number of aliphatic hydroxyl groups is 1. The lowest BCUT2D eigenvalue weighted by atomic mass is 10.2. The molecule has 9 heteroatoms. The van der Waals surface area contributed by atoms with Crippen molar-refractivity contribution in [2.24, 2.45) is 0 Å². The second-order valence-corrected chi connectivity index (χ2v) is 6.39. The highest BCUT2D eigenvalue weighted by Crippen LogP contribution is 2.32. The van der Waals surface area contributed by atoms with E-state index in [4.69, 9.17) is 14.9 Å². The molecule has 0 spiro atoms. The molecule has 0 aliphatic rings. The van der Waals surface area contributed by atoms with E-state index in [1.807, 2.05) is 0 Å². The van der Waals surface area contributed by atoms with E-state index in [1.165, 1.54) is 6.07 Å². The van der Waals surface area contributed by atoms with Crippen molar-refractivity contribution in [3.8, 4) is 0 Å². The van der Waals surface area contributed by atoms with Crippen LogP contribution in [0.5, 0.6) is 0 Å². The van der Waals surface area contributed by atoms with Crippen LogP contribution in [0.1, 0.15) is 25.6 Å². The zero-order valence-corrected chi connectivity index (χ0v) is 12.5. The van der Waals surface area contributed by atoms with Crippen LogP contribution < -0.4 is 5.32 Å². The van der Waals surface area contributed by atoms with Crippen LogP contribution in [0, 0.1) is 0 Å². The number of anilines is 1. The molecule has 21 heavy (non-hydrogen) atoms. The minimum Gasteiger partial charge on any atom is -0.463 e. The molecule has 0 saturated carbocycles. The van der Waals surface area contributed by atoms with Crippen LogP contribution in [0.2, 0.25) is 0 Å². The number of nitrogens with zero attached hydrogens (tertiary/aromatic N) is 2. The standard InChI is InChI=1S/C12H15N3O5S/c1-12(2,3)20-10(17)13-9-8-7(4-6(5-16)21-8)15(14-9)11(18)19/h4,16H,5H2,1-3H3,(H,18,19)(H,13,14,17). The molecule has 0 aliphatic carbocycles. The largest absolute Gasteiger partial charge is 0.463 e. The smallest absolute Gasteiger partial charge is 0.432 e. The van der Waals surface area contributed by atoms with Gasteiger partial charge in [0.25, 0.3) is 0 Å². The Bertz CT molecular complexity index is 698. The van der Waals surface area contributed by atoms with Gasteiger partial charge < -0.3 is 14.9 Å². The number of hydrogen-bond acceptors (Lipinski definition) is 6. The number of thiophene rings is 1. The fraction of sp³-hybridized carbons (Fsp3) is 0.417. The average Bonchev–Trinajstić information content (AvgIpc) is 2.86. The lowest BCUT2D eigenvalue weighted by Gasteiger charge is -2.19. The molecule has 0 radical (unpaired) electrons. The molecule has 1 amide bonds. The Labute approximate surface area is 123 Å². The van der Waals surface area contributed by atoms with Crippen molar-refractivity contribution < 1.29 is 24.5 Å². The van der Waals surface area contributed by atoms with Crippen molar-refractivity contribution >= 4 is 39.6 Å².